The lowest BCUT2D eigenvalue weighted by Gasteiger charge is -2.30. The third kappa shape index (κ3) is 3.59. The van der Waals surface area contributed by atoms with Crippen LogP contribution < -0.4 is 5.32 Å². The van der Waals surface area contributed by atoms with Gasteiger partial charge in [0.25, 0.3) is 0 Å². The van der Waals surface area contributed by atoms with Crippen molar-refractivity contribution in [2.45, 2.75) is 17.7 Å². The first-order valence-electron chi connectivity index (χ1n) is 6.53. The topological polar surface area (TPSA) is 66.5 Å². The molecule has 0 bridgehead atoms. The van der Waals surface area contributed by atoms with Crippen LogP contribution in [0.15, 0.2) is 27.6 Å². The average Bonchev–Trinajstić information content (AvgIpc) is 2.49. The summed E-state index contributed by atoms with van der Waals surface area (Å²) in [5.41, 5.74) is 0. The van der Waals surface area contributed by atoms with Crippen molar-refractivity contribution in [1.29, 1.82) is 0 Å². The lowest BCUT2D eigenvalue weighted by Crippen LogP contribution is -2.42. The van der Waals surface area contributed by atoms with Crippen molar-refractivity contribution >= 4 is 43.5 Å². The lowest BCUT2D eigenvalue weighted by atomic mass is 9.97. The van der Waals surface area contributed by atoms with Crippen LogP contribution in [0.25, 0.3) is 0 Å². The number of carbonyl (C=O) groups excluding carboxylic acids is 1. The van der Waals surface area contributed by atoms with Gasteiger partial charge in [0, 0.05) is 30.5 Å². The first-order chi connectivity index (χ1) is 9.86. The van der Waals surface area contributed by atoms with Gasteiger partial charge in [-0.05, 0) is 47.0 Å². The molecule has 2 rings (SSSR count). The van der Waals surface area contributed by atoms with Crippen molar-refractivity contribution in [3.63, 3.8) is 0 Å². The first kappa shape index (κ1) is 16.7. The molecule has 1 saturated heterocycles. The summed E-state index contributed by atoms with van der Waals surface area (Å²) < 4.78 is 27.1. The second-order valence-corrected chi connectivity index (χ2v) is 8.07. The van der Waals surface area contributed by atoms with Gasteiger partial charge in [-0.15, -0.1) is 0 Å². The number of amides is 1. The Kier molecular flexibility index (Phi) is 5.29. The van der Waals surface area contributed by atoms with E-state index in [0.717, 1.165) is 0 Å². The molecule has 1 aliphatic heterocycles. The minimum Gasteiger partial charge on any atom is -0.359 e. The van der Waals surface area contributed by atoms with E-state index in [1.165, 1.54) is 16.4 Å². The monoisotopic (exact) mass is 394 g/mol. The summed E-state index contributed by atoms with van der Waals surface area (Å²) in [6.07, 6.45) is 1.07. The van der Waals surface area contributed by atoms with E-state index < -0.39 is 10.0 Å². The quantitative estimate of drug-likeness (QED) is 0.853. The van der Waals surface area contributed by atoms with Crippen molar-refractivity contribution < 1.29 is 13.2 Å². The fraction of sp³-hybridized carbons (Fsp3) is 0.462. The van der Waals surface area contributed by atoms with E-state index in [2.05, 4.69) is 21.2 Å². The van der Waals surface area contributed by atoms with E-state index in [4.69, 9.17) is 11.6 Å². The highest BCUT2D eigenvalue weighted by Gasteiger charge is 2.31. The molecular weight excluding hydrogens is 380 g/mol. The Morgan fingerprint density at radius 3 is 2.52 bits per heavy atom. The van der Waals surface area contributed by atoms with E-state index in [1.807, 2.05) is 0 Å². The van der Waals surface area contributed by atoms with Crippen LogP contribution in [0, 0.1) is 5.92 Å². The van der Waals surface area contributed by atoms with Gasteiger partial charge in [0.2, 0.25) is 15.9 Å². The summed E-state index contributed by atoms with van der Waals surface area (Å²) in [7, 11) is -1.95. The molecule has 0 radical (unpaired) electrons. The second kappa shape index (κ2) is 6.64. The Morgan fingerprint density at radius 2 is 2.00 bits per heavy atom. The fourth-order valence-corrected chi connectivity index (χ4v) is 4.49. The molecule has 8 heteroatoms. The van der Waals surface area contributed by atoms with Crippen molar-refractivity contribution in [2.75, 3.05) is 20.1 Å². The predicted octanol–water partition coefficient (Wildman–Crippen LogP) is 2.25. The molecule has 1 aromatic rings. The van der Waals surface area contributed by atoms with Gasteiger partial charge in [-0.2, -0.15) is 4.31 Å². The van der Waals surface area contributed by atoms with Gasteiger partial charge in [0.15, 0.2) is 0 Å². The minimum absolute atomic E-state index is 0.0266. The van der Waals surface area contributed by atoms with Crippen molar-refractivity contribution in [3.8, 4) is 0 Å². The molecule has 0 atom stereocenters. The molecular formula is C13H16BrClN2O3S. The molecule has 1 aromatic carbocycles. The highest BCUT2D eigenvalue weighted by atomic mass is 79.9. The Balaban J connectivity index is 2.14. The molecule has 1 fully saturated rings. The molecule has 1 amide bonds. The van der Waals surface area contributed by atoms with Crippen LogP contribution in [0.3, 0.4) is 0 Å². The minimum atomic E-state index is -3.54. The summed E-state index contributed by atoms with van der Waals surface area (Å²) in [6, 6.07) is 4.55. The molecule has 5 nitrogen and oxygen atoms in total. The van der Waals surface area contributed by atoms with Gasteiger partial charge in [-0.3, -0.25) is 4.79 Å². The molecule has 1 heterocycles. The van der Waals surface area contributed by atoms with Crippen molar-refractivity contribution in [1.82, 2.24) is 9.62 Å². The molecule has 0 spiro atoms. The van der Waals surface area contributed by atoms with Gasteiger partial charge in [0.1, 0.15) is 0 Å². The zero-order valence-corrected chi connectivity index (χ0v) is 14.6. The van der Waals surface area contributed by atoms with Gasteiger partial charge < -0.3 is 5.32 Å². The highest BCUT2D eigenvalue weighted by molar-refractivity contribution is 9.10. The number of rotatable bonds is 3. The van der Waals surface area contributed by atoms with Gasteiger partial charge in [-0.25, -0.2) is 8.42 Å². The van der Waals surface area contributed by atoms with Crippen LogP contribution in [0.2, 0.25) is 5.02 Å². The summed E-state index contributed by atoms with van der Waals surface area (Å²) in [6.45, 7) is 0.696. The number of nitrogens with one attached hydrogen (secondary N) is 1. The number of hydrogen-bond donors (Lipinski definition) is 1. The van der Waals surface area contributed by atoms with Gasteiger partial charge in [0.05, 0.1) is 9.92 Å². The van der Waals surface area contributed by atoms with Gasteiger partial charge in [-0.1, -0.05) is 11.6 Å². The van der Waals surface area contributed by atoms with E-state index in [9.17, 15) is 13.2 Å². The number of halogens is 2. The van der Waals surface area contributed by atoms with Crippen LogP contribution in [0.1, 0.15) is 12.8 Å². The number of sulfonamides is 1. The summed E-state index contributed by atoms with van der Waals surface area (Å²) >= 11 is 9.12. The SMILES string of the molecule is CNC(=O)C1CCN(S(=O)(=O)c2ccc(Cl)c(Br)c2)CC1. The molecule has 1 aliphatic rings. The Morgan fingerprint density at radius 1 is 1.38 bits per heavy atom. The predicted molar refractivity (Wildman–Crippen MR) is 84.7 cm³/mol. The van der Waals surface area contributed by atoms with E-state index in [-0.39, 0.29) is 16.7 Å². The Hall–Kier alpha value is -0.630. The smallest absolute Gasteiger partial charge is 0.243 e. The summed E-state index contributed by atoms with van der Waals surface area (Å²) in [5.74, 6) is -0.139. The van der Waals surface area contributed by atoms with Gasteiger partial charge >= 0.3 is 0 Å². The maximum atomic E-state index is 12.6. The summed E-state index contributed by atoms with van der Waals surface area (Å²) in [5, 5.41) is 3.07. The molecule has 0 saturated carbocycles. The summed E-state index contributed by atoms with van der Waals surface area (Å²) in [4.78, 5) is 11.8. The first-order valence-corrected chi connectivity index (χ1v) is 9.14. The maximum absolute atomic E-state index is 12.6. The lowest BCUT2D eigenvalue weighted by molar-refractivity contribution is -0.125. The largest absolute Gasteiger partial charge is 0.359 e. The number of piperidine rings is 1. The Labute approximate surface area is 137 Å². The average molecular weight is 396 g/mol. The number of nitrogens with zero attached hydrogens (tertiary/aromatic N) is 1. The van der Waals surface area contributed by atoms with Crippen LogP contribution in [-0.2, 0) is 14.8 Å². The molecule has 21 heavy (non-hydrogen) atoms. The van der Waals surface area contributed by atoms with Crippen molar-refractivity contribution in [3.05, 3.63) is 27.7 Å². The molecule has 1 N–H and O–H groups in total. The Bertz CT molecular complexity index is 643. The number of benzene rings is 1. The third-order valence-electron chi connectivity index (χ3n) is 3.60. The highest BCUT2D eigenvalue weighted by Crippen LogP contribution is 2.29. The van der Waals surface area contributed by atoms with Crippen molar-refractivity contribution in [2.24, 2.45) is 5.92 Å². The number of hydrogen-bond acceptors (Lipinski definition) is 3. The van der Waals surface area contributed by atoms with Crippen LogP contribution in [0.4, 0.5) is 0 Å². The van der Waals surface area contributed by atoms with E-state index in [1.54, 1.807) is 13.1 Å². The van der Waals surface area contributed by atoms with Crippen LogP contribution >= 0.6 is 27.5 Å². The zero-order chi connectivity index (χ0) is 15.6. The molecule has 0 aromatic heterocycles. The van der Waals surface area contributed by atoms with E-state index in [0.29, 0.717) is 35.4 Å². The van der Waals surface area contributed by atoms with Crippen LogP contribution in [0.5, 0.6) is 0 Å². The molecule has 0 aliphatic carbocycles. The fourth-order valence-electron chi connectivity index (χ4n) is 2.35. The van der Waals surface area contributed by atoms with E-state index >= 15 is 0 Å². The normalized spacial score (nSPS) is 17.7. The van der Waals surface area contributed by atoms with Crippen LogP contribution in [-0.4, -0.2) is 38.8 Å². The molecule has 0 unspecified atom stereocenters. The molecule has 116 valence electrons. The third-order valence-corrected chi connectivity index (χ3v) is 6.71. The second-order valence-electron chi connectivity index (χ2n) is 4.87. The standard InChI is InChI=1S/C13H16BrClN2O3S/c1-16-13(18)9-4-6-17(7-5-9)21(19,20)10-2-3-12(15)11(14)8-10/h2-3,8-9H,4-7H2,1H3,(H,16,18). The maximum Gasteiger partial charge on any atom is 0.243 e. The zero-order valence-electron chi connectivity index (χ0n) is 11.5. The number of carbonyl (C=O) groups is 1.